The number of carbonyl (C=O) groups excluding carboxylic acids is 1. The average Bonchev–Trinajstić information content (AvgIpc) is 2.90. The normalized spacial score (nSPS) is 19.6. The summed E-state index contributed by atoms with van der Waals surface area (Å²) < 4.78 is 42.7. The van der Waals surface area contributed by atoms with Crippen molar-refractivity contribution in [3.63, 3.8) is 0 Å². The van der Waals surface area contributed by atoms with Crippen LogP contribution in [0.5, 0.6) is 0 Å². The van der Waals surface area contributed by atoms with E-state index in [1.165, 1.54) is 0 Å². The fraction of sp³-hybridized carbons (Fsp3) is 0.412. The van der Waals surface area contributed by atoms with E-state index < -0.39 is 24.2 Å². The van der Waals surface area contributed by atoms with Crippen molar-refractivity contribution in [2.75, 3.05) is 5.32 Å². The number of nitrogens with zero attached hydrogens (tertiary/aromatic N) is 2. The summed E-state index contributed by atoms with van der Waals surface area (Å²) in [5, 5.41) is 9.36. The molecule has 0 fully saturated rings. The van der Waals surface area contributed by atoms with E-state index >= 15 is 0 Å². The summed E-state index contributed by atoms with van der Waals surface area (Å²) in [6, 6.07) is 4.29. The molecule has 1 aliphatic rings. The van der Waals surface area contributed by atoms with Crippen LogP contribution in [0.2, 0.25) is 5.02 Å². The Morgan fingerprint density at radius 1 is 1.37 bits per heavy atom. The van der Waals surface area contributed by atoms with Gasteiger partial charge >= 0.3 is 6.18 Å². The summed E-state index contributed by atoms with van der Waals surface area (Å²) in [7, 11) is 0. The standard InChI is InChI=1S/C17H17BrClF3N4O/c1-8(2)23-16(27)14-13(19)15-24-11(9-3-5-10(18)6-4-9)7-12(17(20,21)22)26(15)25-14/h3-6,8,11-12,24H,7H2,1-2H3,(H,23,27)/t11-,12+/m0/s1. The molecule has 0 bridgehead atoms. The van der Waals surface area contributed by atoms with Crippen molar-refractivity contribution in [2.45, 2.75) is 44.6 Å². The summed E-state index contributed by atoms with van der Waals surface area (Å²) >= 11 is 9.54. The maximum atomic E-state index is 13.7. The van der Waals surface area contributed by atoms with Crippen molar-refractivity contribution in [3.8, 4) is 0 Å². The molecule has 2 aromatic rings. The van der Waals surface area contributed by atoms with Gasteiger partial charge in [0.15, 0.2) is 11.7 Å². The van der Waals surface area contributed by atoms with Crippen molar-refractivity contribution in [2.24, 2.45) is 0 Å². The Hall–Kier alpha value is -1.74. The van der Waals surface area contributed by atoms with Gasteiger partial charge in [0.2, 0.25) is 0 Å². The van der Waals surface area contributed by atoms with E-state index in [-0.39, 0.29) is 29.0 Å². The number of amides is 1. The van der Waals surface area contributed by atoms with Crippen LogP contribution in [-0.4, -0.2) is 27.9 Å². The van der Waals surface area contributed by atoms with E-state index in [1.807, 2.05) is 0 Å². The monoisotopic (exact) mass is 464 g/mol. The highest BCUT2D eigenvalue weighted by atomic mass is 79.9. The Morgan fingerprint density at radius 3 is 2.56 bits per heavy atom. The van der Waals surface area contributed by atoms with E-state index in [1.54, 1.807) is 38.1 Å². The second-order valence-corrected chi connectivity index (χ2v) is 7.92. The molecule has 1 aliphatic heterocycles. The number of hydrogen-bond donors (Lipinski definition) is 2. The average molecular weight is 466 g/mol. The molecular formula is C17H17BrClF3N4O. The zero-order chi connectivity index (χ0) is 19.9. The van der Waals surface area contributed by atoms with Crippen molar-refractivity contribution in [1.82, 2.24) is 15.1 Å². The molecule has 0 saturated carbocycles. The number of halogens is 5. The maximum absolute atomic E-state index is 13.7. The number of alkyl halides is 3. The largest absolute Gasteiger partial charge is 0.410 e. The molecule has 0 saturated heterocycles. The summed E-state index contributed by atoms with van der Waals surface area (Å²) in [4.78, 5) is 12.3. The SMILES string of the molecule is CC(C)NC(=O)c1nn2c(c1Cl)N[C@H](c1ccc(Br)cc1)C[C@@H]2C(F)(F)F. The summed E-state index contributed by atoms with van der Waals surface area (Å²) in [6.07, 6.45) is -4.80. The van der Waals surface area contributed by atoms with Gasteiger partial charge in [0.05, 0.1) is 6.04 Å². The Bertz CT molecular complexity index is 851. The molecule has 1 amide bonds. The van der Waals surface area contributed by atoms with Crippen LogP contribution in [0.4, 0.5) is 19.0 Å². The molecule has 5 nitrogen and oxygen atoms in total. The zero-order valence-corrected chi connectivity index (χ0v) is 16.8. The number of rotatable bonds is 3. The van der Waals surface area contributed by atoms with E-state index in [2.05, 4.69) is 31.7 Å². The molecule has 3 rings (SSSR count). The molecule has 0 radical (unpaired) electrons. The number of aromatic nitrogens is 2. The van der Waals surface area contributed by atoms with Gasteiger partial charge in [0, 0.05) is 16.9 Å². The molecular weight excluding hydrogens is 449 g/mol. The summed E-state index contributed by atoms with van der Waals surface area (Å²) in [6.45, 7) is 3.48. The van der Waals surface area contributed by atoms with Crippen LogP contribution in [0.1, 0.15) is 48.4 Å². The third-order valence-electron chi connectivity index (χ3n) is 4.20. The molecule has 0 aliphatic carbocycles. The van der Waals surface area contributed by atoms with Gasteiger partial charge in [0.1, 0.15) is 10.8 Å². The predicted molar refractivity (Wildman–Crippen MR) is 100 cm³/mol. The van der Waals surface area contributed by atoms with E-state index in [9.17, 15) is 18.0 Å². The van der Waals surface area contributed by atoms with Crippen LogP contribution >= 0.6 is 27.5 Å². The smallest absolute Gasteiger partial charge is 0.362 e. The lowest BCUT2D eigenvalue weighted by Gasteiger charge is -2.33. The number of benzene rings is 1. The number of hydrogen-bond acceptors (Lipinski definition) is 3. The van der Waals surface area contributed by atoms with Crippen LogP contribution in [-0.2, 0) is 0 Å². The van der Waals surface area contributed by atoms with Crippen LogP contribution in [0.15, 0.2) is 28.7 Å². The number of fused-ring (bicyclic) bond motifs is 1. The van der Waals surface area contributed by atoms with Crippen LogP contribution < -0.4 is 10.6 Å². The van der Waals surface area contributed by atoms with Crippen molar-refractivity contribution in [3.05, 3.63) is 45.0 Å². The quantitative estimate of drug-likeness (QED) is 0.663. The molecule has 2 atom stereocenters. The topological polar surface area (TPSA) is 59.0 Å². The first-order valence-corrected chi connectivity index (χ1v) is 9.42. The summed E-state index contributed by atoms with van der Waals surface area (Å²) in [5.74, 6) is -0.619. The molecule has 1 aromatic heterocycles. The molecule has 0 spiro atoms. The summed E-state index contributed by atoms with van der Waals surface area (Å²) in [5.41, 5.74) is 0.461. The Morgan fingerprint density at radius 2 is 2.00 bits per heavy atom. The second kappa shape index (κ2) is 7.35. The number of carbonyl (C=O) groups is 1. The fourth-order valence-electron chi connectivity index (χ4n) is 2.98. The van der Waals surface area contributed by atoms with Gasteiger partial charge in [-0.2, -0.15) is 18.3 Å². The highest BCUT2D eigenvalue weighted by molar-refractivity contribution is 9.10. The van der Waals surface area contributed by atoms with E-state index in [0.717, 1.165) is 9.15 Å². The molecule has 27 heavy (non-hydrogen) atoms. The number of nitrogens with one attached hydrogen (secondary N) is 2. The van der Waals surface area contributed by atoms with Crippen LogP contribution in [0.3, 0.4) is 0 Å². The minimum absolute atomic E-state index is 0.00735. The van der Waals surface area contributed by atoms with Crippen molar-refractivity contribution in [1.29, 1.82) is 0 Å². The lowest BCUT2D eigenvalue weighted by molar-refractivity contribution is -0.173. The van der Waals surface area contributed by atoms with Crippen molar-refractivity contribution < 1.29 is 18.0 Å². The molecule has 10 heteroatoms. The molecule has 1 aromatic carbocycles. The minimum Gasteiger partial charge on any atom is -0.362 e. The van der Waals surface area contributed by atoms with Gasteiger partial charge in [-0.25, -0.2) is 4.68 Å². The Balaban J connectivity index is 2.03. The van der Waals surface area contributed by atoms with Gasteiger partial charge in [-0.3, -0.25) is 4.79 Å². The minimum atomic E-state index is -4.54. The maximum Gasteiger partial charge on any atom is 0.410 e. The molecule has 0 unspecified atom stereocenters. The highest BCUT2D eigenvalue weighted by Gasteiger charge is 2.47. The predicted octanol–water partition coefficient (Wildman–Crippen LogP) is 5.10. The van der Waals surface area contributed by atoms with Gasteiger partial charge in [-0.05, 0) is 31.5 Å². The lowest BCUT2D eigenvalue weighted by atomic mass is 9.97. The van der Waals surface area contributed by atoms with Crippen LogP contribution in [0.25, 0.3) is 0 Å². The van der Waals surface area contributed by atoms with Crippen LogP contribution in [0, 0.1) is 0 Å². The van der Waals surface area contributed by atoms with E-state index in [4.69, 9.17) is 11.6 Å². The first-order chi connectivity index (χ1) is 12.6. The second-order valence-electron chi connectivity index (χ2n) is 6.63. The van der Waals surface area contributed by atoms with Gasteiger partial charge < -0.3 is 10.6 Å². The number of anilines is 1. The first kappa shape index (κ1) is 20.0. The first-order valence-electron chi connectivity index (χ1n) is 8.25. The lowest BCUT2D eigenvalue weighted by Crippen LogP contribution is -2.36. The molecule has 146 valence electrons. The Labute approximate surface area is 167 Å². The molecule has 2 heterocycles. The van der Waals surface area contributed by atoms with E-state index in [0.29, 0.717) is 5.56 Å². The Kier molecular flexibility index (Phi) is 5.45. The third-order valence-corrected chi connectivity index (χ3v) is 5.09. The third kappa shape index (κ3) is 4.08. The van der Waals surface area contributed by atoms with Gasteiger partial charge in [0.25, 0.3) is 5.91 Å². The van der Waals surface area contributed by atoms with Gasteiger partial charge in [-0.15, -0.1) is 0 Å². The molecule has 2 N–H and O–H groups in total. The fourth-order valence-corrected chi connectivity index (χ4v) is 3.51. The highest BCUT2D eigenvalue weighted by Crippen LogP contribution is 2.46. The van der Waals surface area contributed by atoms with Gasteiger partial charge in [-0.1, -0.05) is 39.7 Å². The van der Waals surface area contributed by atoms with Crippen molar-refractivity contribution >= 4 is 39.3 Å². The zero-order valence-electron chi connectivity index (χ0n) is 14.4.